The maximum Gasteiger partial charge on any atom is 0.474 e. The number of rotatable bonds is 45. The molecule has 0 aromatic rings. The van der Waals surface area contributed by atoms with Crippen molar-refractivity contribution in [3.63, 3.8) is 0 Å². The van der Waals surface area contributed by atoms with Gasteiger partial charge in [-0.05, 0) is 56.3 Å². The minimum Gasteiger partial charge on any atom is -0.287 e. The van der Waals surface area contributed by atoms with Gasteiger partial charge < -0.3 is 0 Å². The Morgan fingerprint density at radius 3 is 0.759 bits per heavy atom. The van der Waals surface area contributed by atoms with E-state index in [1.54, 1.807) is 0 Å². The number of hydrogen-bond acceptors (Lipinski definition) is 8. The first-order valence-corrected chi connectivity index (χ1v) is 28.2. The van der Waals surface area contributed by atoms with E-state index >= 15 is 0 Å². The van der Waals surface area contributed by atoms with E-state index in [1.165, 1.54) is 116 Å². The molecular weight excluding hydrogens is 766 g/mol. The summed E-state index contributed by atoms with van der Waals surface area (Å²) in [5.74, 6) is 1.25. The maximum atomic E-state index is 13.4. The fourth-order valence-corrected chi connectivity index (χ4v) is 9.37. The fourth-order valence-electron chi connectivity index (χ4n) is 6.68. The number of phosphoric ester groups is 2. The van der Waals surface area contributed by atoms with Crippen molar-refractivity contribution in [3.05, 3.63) is 0 Å². The maximum absolute atomic E-state index is 13.4. The average molecular weight is 869 g/mol. The van der Waals surface area contributed by atoms with Gasteiger partial charge in [0, 0.05) is 0 Å². The summed E-state index contributed by atoms with van der Waals surface area (Å²) in [7, 11) is -6.92. The first-order valence-electron chi connectivity index (χ1n) is 25.2. The molecule has 0 amide bonds. The van der Waals surface area contributed by atoms with Gasteiger partial charge in [-0.2, -0.15) is 0 Å². The molecule has 0 saturated carbocycles. The molecule has 0 aliphatic heterocycles. The van der Waals surface area contributed by atoms with E-state index in [0.29, 0.717) is 57.4 Å². The largest absolute Gasteiger partial charge is 0.474 e. The zero-order chi connectivity index (χ0) is 43.4. The average Bonchev–Trinajstić information content (AvgIpc) is 3.23. The van der Waals surface area contributed by atoms with E-state index < -0.39 is 15.6 Å². The Morgan fingerprint density at radius 2 is 0.517 bits per heavy atom. The summed E-state index contributed by atoms with van der Waals surface area (Å²) in [5, 5.41) is 0. The van der Waals surface area contributed by atoms with Crippen molar-refractivity contribution in [1.29, 1.82) is 0 Å². The fraction of sp³-hybridized carbons (Fsp3) is 1.00. The third-order valence-corrected chi connectivity index (χ3v) is 14.2. The van der Waals surface area contributed by atoms with Crippen molar-refractivity contribution in [1.82, 2.24) is 0 Å². The third-order valence-electron chi connectivity index (χ3n) is 11.3. The van der Waals surface area contributed by atoms with Crippen molar-refractivity contribution in [2.75, 3.05) is 39.6 Å². The van der Waals surface area contributed by atoms with E-state index in [0.717, 1.165) is 77.0 Å². The molecule has 0 rings (SSSR count). The van der Waals surface area contributed by atoms with Gasteiger partial charge in [0.1, 0.15) is 0 Å². The second-order valence-electron chi connectivity index (χ2n) is 16.8. The highest BCUT2D eigenvalue weighted by Crippen LogP contribution is 2.52. The van der Waals surface area contributed by atoms with Gasteiger partial charge in [0.2, 0.25) is 0 Å². The number of hydrogen-bond donors (Lipinski definition) is 0. The Balaban J connectivity index is 0. The molecule has 3 atom stereocenters. The summed E-state index contributed by atoms with van der Waals surface area (Å²) < 4.78 is 61.0. The molecule has 0 spiro atoms. The lowest BCUT2D eigenvalue weighted by molar-refractivity contribution is 0.0732. The molecule has 3 unspecified atom stereocenters. The van der Waals surface area contributed by atoms with Crippen LogP contribution in [0.15, 0.2) is 0 Å². The van der Waals surface area contributed by atoms with E-state index in [9.17, 15) is 9.13 Å². The molecule has 8 nitrogen and oxygen atoms in total. The zero-order valence-electron chi connectivity index (χ0n) is 40.3. The number of unbranched alkanes of at least 4 members (excludes halogenated alkanes) is 18. The summed E-state index contributed by atoms with van der Waals surface area (Å²) in [5.41, 5.74) is 0. The van der Waals surface area contributed by atoms with Gasteiger partial charge in [-0.25, -0.2) is 9.13 Å². The zero-order valence-corrected chi connectivity index (χ0v) is 42.1. The van der Waals surface area contributed by atoms with Crippen molar-refractivity contribution in [2.24, 2.45) is 17.8 Å². The molecule has 0 aromatic carbocycles. The molecule has 352 valence electrons. The van der Waals surface area contributed by atoms with Gasteiger partial charge in [-0.15, -0.1) is 0 Å². The van der Waals surface area contributed by atoms with Crippen LogP contribution in [-0.4, -0.2) is 39.6 Å². The van der Waals surface area contributed by atoms with Crippen molar-refractivity contribution < 1.29 is 36.3 Å². The van der Waals surface area contributed by atoms with E-state index in [2.05, 4.69) is 62.3 Å². The molecule has 0 saturated heterocycles. The SMILES string of the molecule is CCCCC(CC)COP(=O)(OCC(CC)CCCC)OCC(CC)CCCC.CCCCCCCCOP(=O)(OCCCCCCCC)OCCCCCCCC. The Kier molecular flexibility index (Phi) is 47.1. The van der Waals surface area contributed by atoms with Gasteiger partial charge in [0.05, 0.1) is 39.6 Å². The minimum atomic E-state index is -3.52. The highest BCUT2D eigenvalue weighted by Gasteiger charge is 2.30. The van der Waals surface area contributed by atoms with Crippen LogP contribution in [0.3, 0.4) is 0 Å². The molecule has 0 radical (unpaired) electrons. The Morgan fingerprint density at radius 1 is 0.293 bits per heavy atom. The molecule has 0 heterocycles. The van der Waals surface area contributed by atoms with Crippen LogP contribution in [0.25, 0.3) is 0 Å². The van der Waals surface area contributed by atoms with E-state index in [-0.39, 0.29) is 0 Å². The van der Waals surface area contributed by atoms with Crippen LogP contribution in [0.4, 0.5) is 0 Å². The topological polar surface area (TPSA) is 89.5 Å². The van der Waals surface area contributed by atoms with Gasteiger partial charge in [0.15, 0.2) is 0 Å². The van der Waals surface area contributed by atoms with Crippen LogP contribution in [0.2, 0.25) is 0 Å². The lowest BCUT2D eigenvalue weighted by atomic mass is 10.0. The van der Waals surface area contributed by atoms with Gasteiger partial charge in [-0.1, -0.05) is 216 Å². The van der Waals surface area contributed by atoms with Crippen molar-refractivity contribution >= 4 is 15.6 Å². The minimum absolute atomic E-state index is 0.416. The lowest BCUT2D eigenvalue weighted by Crippen LogP contribution is -2.16. The molecule has 0 aromatic heterocycles. The highest BCUT2D eigenvalue weighted by atomic mass is 31.2. The first-order chi connectivity index (χ1) is 28.2. The molecule has 58 heavy (non-hydrogen) atoms. The lowest BCUT2D eigenvalue weighted by Gasteiger charge is -2.25. The molecule has 0 bridgehead atoms. The second kappa shape index (κ2) is 45.3. The molecular formula is C48H102O8P2. The standard InChI is InChI=1S/2C24H51O4P/c1-7-13-16-22(10-4)19-26-29(25,27-20-23(11-5)17-14-8-2)28-21-24(12-6)18-15-9-3;1-4-7-10-13-16-19-22-26-29(25,27-23-20-17-14-11-8-5-2)28-24-21-18-15-12-9-6-3/h22-24H,7-21H2,1-6H3;4-24H2,1-3H3. The van der Waals surface area contributed by atoms with Crippen LogP contribution in [0, 0.1) is 17.8 Å². The van der Waals surface area contributed by atoms with E-state index in [4.69, 9.17) is 27.1 Å². The normalized spacial score (nSPS) is 14.5. The first kappa shape index (κ1) is 60.3. The summed E-state index contributed by atoms with van der Waals surface area (Å²) in [6.07, 6.45) is 34.7. The highest BCUT2D eigenvalue weighted by molar-refractivity contribution is 7.48. The third kappa shape index (κ3) is 39.1. The summed E-state index contributed by atoms with van der Waals surface area (Å²) in [6.45, 7) is 22.6. The summed E-state index contributed by atoms with van der Waals surface area (Å²) in [6, 6.07) is 0. The Hall–Kier alpha value is 0.220. The van der Waals surface area contributed by atoms with Gasteiger partial charge in [0.25, 0.3) is 0 Å². The summed E-state index contributed by atoms with van der Waals surface area (Å²) in [4.78, 5) is 0. The molecule has 0 aliphatic carbocycles. The second-order valence-corrected chi connectivity index (χ2v) is 20.2. The van der Waals surface area contributed by atoms with Crippen LogP contribution in [0.1, 0.15) is 255 Å². The van der Waals surface area contributed by atoms with Gasteiger partial charge in [-0.3, -0.25) is 27.1 Å². The van der Waals surface area contributed by atoms with Crippen LogP contribution in [0.5, 0.6) is 0 Å². The van der Waals surface area contributed by atoms with Gasteiger partial charge >= 0.3 is 15.6 Å². The monoisotopic (exact) mass is 869 g/mol. The van der Waals surface area contributed by atoms with Crippen LogP contribution < -0.4 is 0 Å². The molecule has 0 aliphatic rings. The number of phosphoric acid groups is 2. The smallest absolute Gasteiger partial charge is 0.287 e. The molecule has 0 fully saturated rings. The Bertz CT molecular complexity index is 798. The molecule has 0 N–H and O–H groups in total. The van der Waals surface area contributed by atoms with Crippen LogP contribution >= 0.6 is 15.6 Å². The quantitative estimate of drug-likeness (QED) is 0.0442. The van der Waals surface area contributed by atoms with E-state index in [1.807, 2.05) is 0 Å². The predicted octanol–water partition coefficient (Wildman–Crippen LogP) is 18.0. The molecule has 10 heteroatoms. The summed E-state index contributed by atoms with van der Waals surface area (Å²) >= 11 is 0. The Labute approximate surface area is 363 Å². The van der Waals surface area contributed by atoms with Crippen LogP contribution in [-0.2, 0) is 36.3 Å². The van der Waals surface area contributed by atoms with Crippen molar-refractivity contribution in [2.45, 2.75) is 255 Å². The predicted molar refractivity (Wildman–Crippen MR) is 251 cm³/mol. The van der Waals surface area contributed by atoms with Crippen molar-refractivity contribution in [3.8, 4) is 0 Å².